The highest BCUT2D eigenvalue weighted by atomic mass is 19.3. The maximum absolute atomic E-state index is 12.5. The van der Waals surface area contributed by atoms with Crippen LogP contribution in [0.2, 0.25) is 0 Å². The molecule has 4 aromatic rings. The fraction of sp³-hybridized carbons (Fsp3) is 0.0833. The van der Waals surface area contributed by atoms with E-state index in [-0.39, 0.29) is 17.4 Å². The molecule has 3 aromatic carbocycles. The molecule has 0 aliphatic heterocycles. The number of halogens is 4. The first-order valence-electron chi connectivity index (χ1n) is 9.78. The van der Waals surface area contributed by atoms with Gasteiger partial charge < -0.3 is 19.9 Å². The SMILES string of the molecule is Oc1c(Nc2ccc(OC(F)F)cc2)cc(-c2ccccc2)n1-c1ccc(OC(F)F)cc1. The van der Waals surface area contributed by atoms with Crippen LogP contribution in [-0.4, -0.2) is 22.9 Å². The van der Waals surface area contributed by atoms with E-state index in [1.165, 1.54) is 36.4 Å². The van der Waals surface area contributed by atoms with E-state index >= 15 is 0 Å². The zero-order chi connectivity index (χ0) is 23.4. The molecule has 33 heavy (non-hydrogen) atoms. The topological polar surface area (TPSA) is 55.6 Å². The number of hydrogen-bond donors (Lipinski definition) is 2. The highest BCUT2D eigenvalue weighted by Crippen LogP contribution is 2.39. The van der Waals surface area contributed by atoms with Gasteiger partial charge in [0.25, 0.3) is 0 Å². The molecule has 2 N–H and O–H groups in total. The molecule has 1 heterocycles. The van der Waals surface area contributed by atoms with Crippen LogP contribution in [0.1, 0.15) is 0 Å². The second-order valence-electron chi connectivity index (χ2n) is 6.87. The van der Waals surface area contributed by atoms with Crippen molar-refractivity contribution in [1.29, 1.82) is 0 Å². The first-order chi connectivity index (χ1) is 15.9. The Morgan fingerprint density at radius 1 is 0.727 bits per heavy atom. The van der Waals surface area contributed by atoms with Gasteiger partial charge in [0.1, 0.15) is 17.2 Å². The van der Waals surface area contributed by atoms with Crippen LogP contribution in [0, 0.1) is 0 Å². The molecule has 0 radical (unpaired) electrons. The van der Waals surface area contributed by atoms with Crippen LogP contribution in [0.5, 0.6) is 17.4 Å². The van der Waals surface area contributed by atoms with Crippen LogP contribution in [0.15, 0.2) is 84.9 Å². The molecular weight excluding hydrogens is 440 g/mol. The van der Waals surface area contributed by atoms with Gasteiger partial charge in [0.15, 0.2) is 0 Å². The molecule has 9 heteroatoms. The Labute approximate surface area is 186 Å². The van der Waals surface area contributed by atoms with Gasteiger partial charge in [0.05, 0.1) is 5.69 Å². The van der Waals surface area contributed by atoms with Crippen molar-refractivity contribution in [3.8, 4) is 34.3 Å². The lowest BCUT2D eigenvalue weighted by atomic mass is 10.1. The van der Waals surface area contributed by atoms with E-state index in [2.05, 4.69) is 14.8 Å². The van der Waals surface area contributed by atoms with Gasteiger partial charge in [-0.05, 0) is 60.2 Å². The van der Waals surface area contributed by atoms with Crippen molar-refractivity contribution in [2.45, 2.75) is 13.2 Å². The summed E-state index contributed by atoms with van der Waals surface area (Å²) in [5.74, 6) is -0.135. The molecule has 0 atom stereocenters. The van der Waals surface area contributed by atoms with Crippen molar-refractivity contribution in [2.24, 2.45) is 0 Å². The molecule has 0 spiro atoms. The minimum atomic E-state index is -2.94. The summed E-state index contributed by atoms with van der Waals surface area (Å²) >= 11 is 0. The summed E-state index contributed by atoms with van der Waals surface area (Å²) in [5, 5.41) is 14.1. The lowest BCUT2D eigenvalue weighted by Crippen LogP contribution is -2.02. The third kappa shape index (κ3) is 5.20. The number of benzene rings is 3. The number of nitrogens with zero attached hydrogens (tertiary/aromatic N) is 1. The molecule has 4 rings (SSSR count). The monoisotopic (exact) mass is 458 g/mol. The standard InChI is InChI=1S/C24H18F4N2O3/c25-23(26)32-18-10-6-16(7-11-18)29-20-14-21(15-4-2-1-3-5-15)30(22(20)31)17-8-12-19(13-9-17)33-24(27)28/h1-14,23-24,29,31H. The zero-order valence-corrected chi connectivity index (χ0v) is 17.0. The average Bonchev–Trinajstić information content (AvgIpc) is 3.11. The van der Waals surface area contributed by atoms with E-state index in [1.807, 2.05) is 30.3 Å². The minimum Gasteiger partial charge on any atom is -0.493 e. The van der Waals surface area contributed by atoms with Crippen molar-refractivity contribution in [3.63, 3.8) is 0 Å². The second kappa shape index (κ2) is 9.56. The predicted octanol–water partition coefficient (Wildman–Crippen LogP) is 6.80. The summed E-state index contributed by atoms with van der Waals surface area (Å²) in [7, 11) is 0. The summed E-state index contributed by atoms with van der Waals surface area (Å²) in [6.07, 6.45) is 0. The fourth-order valence-corrected chi connectivity index (χ4v) is 3.33. The summed E-state index contributed by atoms with van der Waals surface area (Å²) in [4.78, 5) is 0. The number of alkyl halides is 4. The summed E-state index contributed by atoms with van der Waals surface area (Å²) < 4.78 is 59.9. The van der Waals surface area contributed by atoms with E-state index in [4.69, 9.17) is 0 Å². The molecule has 0 aliphatic carbocycles. The van der Waals surface area contributed by atoms with Gasteiger partial charge in [-0.2, -0.15) is 17.6 Å². The molecule has 0 bridgehead atoms. The lowest BCUT2D eigenvalue weighted by Gasteiger charge is -2.12. The first kappa shape index (κ1) is 22.1. The van der Waals surface area contributed by atoms with E-state index in [9.17, 15) is 22.7 Å². The molecule has 0 aliphatic rings. The molecule has 0 fully saturated rings. The summed E-state index contributed by atoms with van der Waals surface area (Å²) in [5.41, 5.74) is 2.83. The molecule has 0 unspecified atom stereocenters. The van der Waals surface area contributed by atoms with E-state index < -0.39 is 13.2 Å². The third-order valence-corrected chi connectivity index (χ3v) is 4.72. The highest BCUT2D eigenvalue weighted by Gasteiger charge is 2.18. The molecule has 0 saturated heterocycles. The Kier molecular flexibility index (Phi) is 6.39. The van der Waals surface area contributed by atoms with E-state index in [0.717, 1.165) is 5.56 Å². The van der Waals surface area contributed by atoms with Gasteiger partial charge in [-0.25, -0.2) is 0 Å². The summed E-state index contributed by atoms with van der Waals surface area (Å²) in [6, 6.07) is 22.7. The van der Waals surface area contributed by atoms with Crippen LogP contribution in [0.25, 0.3) is 16.9 Å². The van der Waals surface area contributed by atoms with Crippen molar-refractivity contribution in [1.82, 2.24) is 4.57 Å². The Morgan fingerprint density at radius 2 is 1.27 bits per heavy atom. The van der Waals surface area contributed by atoms with Gasteiger partial charge in [-0.15, -0.1) is 0 Å². The molecule has 5 nitrogen and oxygen atoms in total. The lowest BCUT2D eigenvalue weighted by molar-refractivity contribution is -0.0505. The quantitative estimate of drug-likeness (QED) is 0.285. The van der Waals surface area contributed by atoms with Gasteiger partial charge in [-0.3, -0.25) is 4.57 Å². The van der Waals surface area contributed by atoms with Gasteiger partial charge >= 0.3 is 13.2 Å². The van der Waals surface area contributed by atoms with Gasteiger partial charge in [0.2, 0.25) is 5.88 Å². The van der Waals surface area contributed by atoms with Gasteiger partial charge in [-0.1, -0.05) is 30.3 Å². The predicted molar refractivity (Wildman–Crippen MR) is 116 cm³/mol. The van der Waals surface area contributed by atoms with Crippen molar-refractivity contribution < 1.29 is 32.1 Å². The maximum Gasteiger partial charge on any atom is 0.387 e. The molecule has 0 amide bonds. The van der Waals surface area contributed by atoms with Crippen LogP contribution >= 0.6 is 0 Å². The summed E-state index contributed by atoms with van der Waals surface area (Å²) in [6.45, 7) is -5.86. The maximum atomic E-state index is 12.5. The average molecular weight is 458 g/mol. The number of ether oxygens (including phenoxy) is 2. The van der Waals surface area contributed by atoms with Crippen molar-refractivity contribution >= 4 is 11.4 Å². The normalized spacial score (nSPS) is 11.1. The molecule has 0 saturated carbocycles. The third-order valence-electron chi connectivity index (χ3n) is 4.72. The van der Waals surface area contributed by atoms with Crippen LogP contribution in [0.3, 0.4) is 0 Å². The van der Waals surface area contributed by atoms with Crippen LogP contribution in [-0.2, 0) is 0 Å². The Balaban J connectivity index is 1.70. The number of anilines is 2. The smallest absolute Gasteiger partial charge is 0.387 e. The number of hydrogen-bond acceptors (Lipinski definition) is 4. The number of rotatable bonds is 8. The second-order valence-corrected chi connectivity index (χ2v) is 6.87. The number of aromatic nitrogens is 1. The van der Waals surface area contributed by atoms with E-state index in [0.29, 0.717) is 22.8 Å². The van der Waals surface area contributed by atoms with Crippen LogP contribution < -0.4 is 14.8 Å². The molecular formula is C24H18F4N2O3. The zero-order valence-electron chi connectivity index (χ0n) is 17.0. The number of aromatic hydroxyl groups is 1. The Morgan fingerprint density at radius 3 is 1.82 bits per heavy atom. The first-order valence-corrected chi connectivity index (χ1v) is 9.78. The molecule has 1 aromatic heterocycles. The van der Waals surface area contributed by atoms with Gasteiger partial charge in [0, 0.05) is 11.4 Å². The Hall–Kier alpha value is -4.14. The van der Waals surface area contributed by atoms with Crippen LogP contribution in [0.4, 0.5) is 28.9 Å². The Bertz CT molecular complexity index is 1200. The molecule has 170 valence electrons. The fourth-order valence-electron chi connectivity index (χ4n) is 3.33. The van der Waals surface area contributed by atoms with E-state index in [1.54, 1.807) is 22.8 Å². The largest absolute Gasteiger partial charge is 0.493 e. The van der Waals surface area contributed by atoms with Crippen molar-refractivity contribution in [2.75, 3.05) is 5.32 Å². The minimum absolute atomic E-state index is 0.00780. The number of nitrogens with one attached hydrogen (secondary N) is 1. The highest BCUT2D eigenvalue weighted by molar-refractivity contribution is 5.77. The van der Waals surface area contributed by atoms with Crippen molar-refractivity contribution in [3.05, 3.63) is 84.9 Å².